The van der Waals surface area contributed by atoms with Gasteiger partial charge >= 0.3 is 5.97 Å². The van der Waals surface area contributed by atoms with Gasteiger partial charge in [0.25, 0.3) is 11.3 Å². The molecule has 14 heteroatoms. The van der Waals surface area contributed by atoms with Crippen LogP contribution in [0.3, 0.4) is 0 Å². The molecule has 2 N–H and O–H groups in total. The first-order chi connectivity index (χ1) is 26.2. The number of fused-ring (bicyclic) bond motifs is 1. The smallest absolute Gasteiger partial charge is 0.355 e. The number of aromatic nitrogens is 4. The molecule has 54 heavy (non-hydrogen) atoms. The maximum absolute atomic E-state index is 14.3. The number of anilines is 1. The molecular weight excluding hydrogens is 710 g/mol. The van der Waals surface area contributed by atoms with E-state index in [0.717, 1.165) is 67.9 Å². The predicted molar refractivity (Wildman–Crippen MR) is 208 cm³/mol. The minimum absolute atomic E-state index is 0.167. The van der Waals surface area contributed by atoms with Crippen molar-refractivity contribution >= 4 is 33.8 Å². The molecule has 2 aliphatic rings. The quantitative estimate of drug-likeness (QED) is 0.100. The number of esters is 1. The number of piperidine rings is 1. The number of rotatable bonds is 14. The molecule has 3 aromatic carbocycles. The third-order valence-electron chi connectivity index (χ3n) is 10.2. The van der Waals surface area contributed by atoms with Crippen LogP contribution in [0.25, 0.3) is 33.3 Å². The first kappa shape index (κ1) is 37.8. The zero-order chi connectivity index (χ0) is 37.6. The Morgan fingerprint density at radius 2 is 1.83 bits per heavy atom. The van der Waals surface area contributed by atoms with Crippen molar-refractivity contribution in [2.24, 2.45) is 11.8 Å². The highest BCUT2D eigenvalue weighted by atomic mass is 32.2. The number of nitrogens with zero attached hydrogens (tertiary/aromatic N) is 6. The molecular formula is C40H48FN7O5S. The number of carbonyl (C=O) groups excluding carboxylic acids is 1. The lowest BCUT2D eigenvalue weighted by Crippen LogP contribution is -2.41. The Labute approximate surface area is 317 Å². The van der Waals surface area contributed by atoms with E-state index in [1.807, 2.05) is 44.3 Å². The maximum Gasteiger partial charge on any atom is 0.355 e. The van der Waals surface area contributed by atoms with Crippen LogP contribution in [0.4, 0.5) is 10.1 Å². The van der Waals surface area contributed by atoms with Crippen LogP contribution in [0.5, 0.6) is 0 Å². The Bertz CT molecular complexity index is 2060. The summed E-state index contributed by atoms with van der Waals surface area (Å²) in [5.41, 5.74) is 5.89. The summed E-state index contributed by atoms with van der Waals surface area (Å²) in [6.45, 7) is 11.4. The number of H-pyrrole nitrogens is 1. The van der Waals surface area contributed by atoms with Gasteiger partial charge < -0.3 is 19.4 Å². The van der Waals surface area contributed by atoms with Crippen LogP contribution in [-0.2, 0) is 33.8 Å². The lowest BCUT2D eigenvalue weighted by atomic mass is 9.97. The fourth-order valence-electron chi connectivity index (χ4n) is 7.35. The van der Waals surface area contributed by atoms with Crippen LogP contribution < -0.4 is 4.31 Å². The van der Waals surface area contributed by atoms with Crippen LogP contribution in [0.1, 0.15) is 42.7 Å². The number of aromatic amines is 1. The lowest BCUT2D eigenvalue weighted by molar-refractivity contribution is 0.0342. The van der Waals surface area contributed by atoms with Gasteiger partial charge in [-0.25, -0.2) is 13.4 Å². The van der Waals surface area contributed by atoms with E-state index in [-0.39, 0.29) is 18.2 Å². The fraction of sp³-hybridized carbons (Fsp3) is 0.425. The molecule has 0 spiro atoms. The molecule has 7 rings (SSSR count). The highest BCUT2D eigenvalue weighted by Gasteiger charge is 2.26. The van der Waals surface area contributed by atoms with Crippen molar-refractivity contribution in [1.29, 1.82) is 0 Å². The molecule has 1 unspecified atom stereocenters. The van der Waals surface area contributed by atoms with Crippen molar-refractivity contribution in [2.45, 2.75) is 39.8 Å². The first-order valence-corrected chi connectivity index (χ1v) is 19.8. The number of halogens is 1. The summed E-state index contributed by atoms with van der Waals surface area (Å²) in [5.74, 6) is -0.408. The lowest BCUT2D eigenvalue weighted by Gasteiger charge is -2.33. The summed E-state index contributed by atoms with van der Waals surface area (Å²) in [6, 6.07) is 20.7. The predicted octanol–water partition coefficient (Wildman–Crippen LogP) is 6.23. The van der Waals surface area contributed by atoms with E-state index in [4.69, 9.17) is 9.47 Å². The van der Waals surface area contributed by atoms with Crippen LogP contribution in [0.2, 0.25) is 0 Å². The topological polar surface area (TPSA) is 129 Å². The molecule has 2 fully saturated rings. The Hall–Kier alpha value is -4.47. The monoisotopic (exact) mass is 757 g/mol. The van der Waals surface area contributed by atoms with Gasteiger partial charge in [-0.15, -0.1) is 5.10 Å². The number of morpholine rings is 1. The largest absolute Gasteiger partial charge is 0.461 e. The summed E-state index contributed by atoms with van der Waals surface area (Å²) in [5, 5.41) is 9.33. The van der Waals surface area contributed by atoms with Crippen molar-refractivity contribution in [2.75, 3.05) is 63.4 Å². The van der Waals surface area contributed by atoms with Crippen molar-refractivity contribution in [3.63, 3.8) is 0 Å². The van der Waals surface area contributed by atoms with Gasteiger partial charge in [-0.1, -0.05) is 55.5 Å². The van der Waals surface area contributed by atoms with Crippen LogP contribution in [-0.4, -0.2) is 104 Å². The van der Waals surface area contributed by atoms with Gasteiger partial charge in [0, 0.05) is 55.7 Å². The fourth-order valence-corrected chi connectivity index (χ4v) is 7.88. The van der Waals surface area contributed by atoms with Crippen LogP contribution in [0, 0.1) is 17.7 Å². The van der Waals surface area contributed by atoms with E-state index in [9.17, 15) is 17.9 Å². The number of ether oxygens (including phenoxy) is 2. The molecule has 2 saturated heterocycles. The number of benzene rings is 3. The highest BCUT2D eigenvalue weighted by Crippen LogP contribution is 2.33. The van der Waals surface area contributed by atoms with Gasteiger partial charge in [-0.2, -0.15) is 0 Å². The van der Waals surface area contributed by atoms with Crippen molar-refractivity contribution in [1.82, 2.24) is 29.8 Å². The Balaban J connectivity index is 0.983. The highest BCUT2D eigenvalue weighted by molar-refractivity contribution is 7.80. The zero-order valence-corrected chi connectivity index (χ0v) is 31.6. The van der Waals surface area contributed by atoms with Gasteiger partial charge in [0.1, 0.15) is 17.2 Å². The zero-order valence-electron chi connectivity index (χ0n) is 30.8. The second-order valence-electron chi connectivity index (χ2n) is 14.6. The molecule has 4 heterocycles. The molecule has 5 aromatic rings. The van der Waals surface area contributed by atoms with Gasteiger partial charge in [0.15, 0.2) is 0 Å². The molecule has 0 amide bonds. The number of nitrogens with one attached hydrogen (secondary N) is 1. The third kappa shape index (κ3) is 9.07. The van der Waals surface area contributed by atoms with Crippen LogP contribution >= 0.6 is 0 Å². The Morgan fingerprint density at radius 3 is 2.57 bits per heavy atom. The van der Waals surface area contributed by atoms with Crippen molar-refractivity contribution in [3.8, 4) is 22.4 Å². The van der Waals surface area contributed by atoms with E-state index in [1.54, 1.807) is 15.1 Å². The molecule has 12 nitrogen and oxygen atoms in total. The third-order valence-corrected chi connectivity index (χ3v) is 11.0. The minimum atomic E-state index is -2.19. The normalized spacial score (nSPS) is 16.6. The molecule has 0 bridgehead atoms. The average Bonchev–Trinajstić information content (AvgIpc) is 3.79. The van der Waals surface area contributed by atoms with Crippen molar-refractivity contribution < 1.29 is 27.4 Å². The van der Waals surface area contributed by atoms with E-state index >= 15 is 0 Å². The molecule has 1 atom stereocenters. The number of hydrogen-bond donors (Lipinski definition) is 2. The molecule has 2 aromatic heterocycles. The standard InChI is InChI=1S/C40H48FN7O5S/c1-28(2)27-53-40(49)39-38(35-23-32(41)8-11-36(35)42-39)37-26-47(44-43-37)24-29-12-14-45(15-13-29)16-17-48(54(50)51)33-9-10-34(30-6-4-3-5-7-30)31(22-33)25-46-18-20-52-21-19-46/h3-11,22-23,26,28-29,42H,12-21,24-25,27H2,1-2H3,(H,50,51). The summed E-state index contributed by atoms with van der Waals surface area (Å²) >= 11 is -2.19. The molecule has 0 radical (unpaired) electrons. The van der Waals surface area contributed by atoms with E-state index in [2.05, 4.69) is 49.4 Å². The SMILES string of the molecule is CC(C)COC(=O)c1[nH]c2ccc(F)cc2c1-c1cn(CC2CCN(CCN(c3ccc(-c4ccccc4)c(CN4CCOCC4)c3)S(=O)O)CC2)nn1. The average molecular weight is 758 g/mol. The second kappa shape index (κ2) is 17.3. The van der Waals surface area contributed by atoms with E-state index in [0.29, 0.717) is 60.9 Å². The molecule has 0 aliphatic carbocycles. The van der Waals surface area contributed by atoms with Crippen molar-refractivity contribution in [3.05, 3.63) is 90.0 Å². The van der Waals surface area contributed by atoms with Crippen LogP contribution in [0.15, 0.2) is 72.9 Å². The molecule has 286 valence electrons. The van der Waals surface area contributed by atoms with E-state index < -0.39 is 23.1 Å². The number of carbonyl (C=O) groups is 1. The van der Waals surface area contributed by atoms with Gasteiger partial charge in [0.05, 0.1) is 31.7 Å². The number of hydrogen-bond acceptors (Lipinski definition) is 8. The minimum Gasteiger partial charge on any atom is -0.461 e. The first-order valence-electron chi connectivity index (χ1n) is 18.7. The van der Waals surface area contributed by atoms with Gasteiger partial charge in [-0.3, -0.25) is 18.4 Å². The maximum atomic E-state index is 14.3. The summed E-state index contributed by atoms with van der Waals surface area (Å²) in [7, 11) is 0. The second-order valence-corrected chi connectivity index (χ2v) is 15.5. The van der Waals surface area contributed by atoms with E-state index in [1.165, 1.54) is 12.1 Å². The molecule has 2 aliphatic heterocycles. The Kier molecular flexibility index (Phi) is 12.1. The van der Waals surface area contributed by atoms with Gasteiger partial charge in [0.2, 0.25) is 0 Å². The summed E-state index contributed by atoms with van der Waals surface area (Å²) < 4.78 is 51.9. The summed E-state index contributed by atoms with van der Waals surface area (Å²) in [4.78, 5) is 20.9. The Morgan fingerprint density at radius 1 is 1.06 bits per heavy atom. The summed E-state index contributed by atoms with van der Waals surface area (Å²) in [6.07, 6.45) is 3.67. The number of likely N-dealkylation sites (tertiary alicyclic amines) is 1. The molecule has 0 saturated carbocycles. The van der Waals surface area contributed by atoms with Gasteiger partial charge in [-0.05, 0) is 84.8 Å².